The first-order valence-electron chi connectivity index (χ1n) is 4.82. The summed E-state index contributed by atoms with van der Waals surface area (Å²) in [5, 5.41) is 12.6. The summed E-state index contributed by atoms with van der Waals surface area (Å²) in [6.45, 7) is 0.294. The molecule has 0 aliphatic carbocycles. The van der Waals surface area contributed by atoms with Crippen molar-refractivity contribution in [2.24, 2.45) is 0 Å². The number of rotatable bonds is 4. The van der Waals surface area contributed by atoms with Gasteiger partial charge in [-0.25, -0.2) is 0 Å². The second-order valence-corrected chi connectivity index (χ2v) is 3.71. The summed E-state index contributed by atoms with van der Waals surface area (Å²) in [5.41, 5.74) is 1.29. The van der Waals surface area contributed by atoms with Crippen LogP contribution in [0.3, 0.4) is 0 Å². The highest BCUT2D eigenvalue weighted by molar-refractivity contribution is 7.93. The molecule has 0 saturated carbocycles. The van der Waals surface area contributed by atoms with Gasteiger partial charge in [0.05, 0.1) is 11.6 Å². The van der Waals surface area contributed by atoms with Gasteiger partial charge in [0.25, 0.3) is 5.89 Å². The third-order valence-electron chi connectivity index (χ3n) is 2.01. The molecule has 0 aliphatic rings. The van der Waals surface area contributed by atoms with E-state index in [1.54, 1.807) is 18.2 Å². The molecule has 6 heteroatoms. The minimum absolute atomic E-state index is 0.294. The molecule has 0 bridgehead atoms. The van der Waals surface area contributed by atoms with E-state index in [-0.39, 0.29) is 0 Å². The van der Waals surface area contributed by atoms with E-state index < -0.39 is 0 Å². The van der Waals surface area contributed by atoms with Crippen molar-refractivity contribution in [1.29, 1.82) is 5.26 Å². The highest BCUT2D eigenvalue weighted by Crippen LogP contribution is 2.18. The van der Waals surface area contributed by atoms with Crippen LogP contribution in [0.25, 0.3) is 11.5 Å². The van der Waals surface area contributed by atoms with Gasteiger partial charge in [-0.3, -0.25) is 0 Å². The van der Waals surface area contributed by atoms with Crippen molar-refractivity contribution < 1.29 is 8.71 Å². The molecule has 0 unspecified atom stereocenters. The highest BCUT2D eigenvalue weighted by atomic mass is 32.2. The fourth-order valence-electron chi connectivity index (χ4n) is 1.26. The summed E-state index contributed by atoms with van der Waals surface area (Å²) in [5.74, 6) is 0.874. The molecule has 0 aliphatic heterocycles. The lowest BCUT2D eigenvalue weighted by molar-refractivity contribution is 0.335. The van der Waals surface area contributed by atoms with E-state index in [0.29, 0.717) is 23.9 Å². The van der Waals surface area contributed by atoms with E-state index in [2.05, 4.69) is 16.2 Å². The zero-order valence-corrected chi connectivity index (χ0v) is 9.90. The first-order chi connectivity index (χ1) is 8.33. The molecule has 1 aromatic heterocycles. The Morgan fingerprint density at radius 1 is 1.53 bits per heavy atom. The number of benzene rings is 1. The van der Waals surface area contributed by atoms with Crippen LogP contribution in [0.1, 0.15) is 11.4 Å². The van der Waals surface area contributed by atoms with E-state index in [1.165, 1.54) is 12.0 Å². The lowest BCUT2D eigenvalue weighted by atomic mass is 10.1. The number of nitriles is 1. The molecular weight excluding hydrogens is 238 g/mol. The molecule has 0 amide bonds. The minimum atomic E-state index is 0.294. The molecule has 86 valence electrons. The zero-order valence-electron chi connectivity index (χ0n) is 9.08. The van der Waals surface area contributed by atoms with E-state index in [9.17, 15) is 0 Å². The highest BCUT2D eigenvalue weighted by Gasteiger charge is 2.09. The van der Waals surface area contributed by atoms with Crippen molar-refractivity contribution in [3.63, 3.8) is 0 Å². The van der Waals surface area contributed by atoms with Gasteiger partial charge in [0, 0.05) is 11.8 Å². The van der Waals surface area contributed by atoms with Crippen molar-refractivity contribution in [1.82, 2.24) is 10.1 Å². The van der Waals surface area contributed by atoms with Gasteiger partial charge in [0.2, 0.25) is 0 Å². The molecule has 2 aromatic rings. The Morgan fingerprint density at radius 3 is 3.18 bits per heavy atom. The molecule has 5 nitrogen and oxygen atoms in total. The number of nitrogens with zero attached hydrogens (tertiary/aromatic N) is 3. The van der Waals surface area contributed by atoms with Crippen LogP contribution in [0.15, 0.2) is 28.8 Å². The minimum Gasteiger partial charge on any atom is -0.334 e. The topological polar surface area (TPSA) is 71.9 Å². The molecule has 0 radical (unpaired) electrons. The van der Waals surface area contributed by atoms with Crippen molar-refractivity contribution >= 4 is 12.0 Å². The number of hydrogen-bond acceptors (Lipinski definition) is 6. The molecular formula is C11H9N3O2S. The molecule has 0 atom stereocenters. The van der Waals surface area contributed by atoms with Crippen LogP contribution in [-0.2, 0) is 10.8 Å². The first-order valence-corrected chi connectivity index (χ1v) is 5.97. The fraction of sp³-hybridized carbons (Fsp3) is 0.182. The van der Waals surface area contributed by atoms with Gasteiger partial charge >= 0.3 is 0 Å². The Balaban J connectivity index is 2.21. The third kappa shape index (κ3) is 2.84. The Hall–Kier alpha value is -1.84. The van der Waals surface area contributed by atoms with Crippen molar-refractivity contribution in [3.8, 4) is 17.5 Å². The van der Waals surface area contributed by atoms with E-state index in [1.807, 2.05) is 12.3 Å². The molecule has 1 heterocycles. The largest absolute Gasteiger partial charge is 0.334 e. The monoisotopic (exact) mass is 247 g/mol. The van der Waals surface area contributed by atoms with Gasteiger partial charge in [-0.05, 0) is 30.2 Å². The van der Waals surface area contributed by atoms with Crippen LogP contribution in [0.5, 0.6) is 0 Å². The van der Waals surface area contributed by atoms with Crippen LogP contribution >= 0.6 is 12.0 Å². The Morgan fingerprint density at radius 2 is 2.41 bits per heavy atom. The molecule has 17 heavy (non-hydrogen) atoms. The molecule has 0 spiro atoms. The van der Waals surface area contributed by atoms with Crippen LogP contribution in [-0.4, -0.2) is 16.4 Å². The Kier molecular flexibility index (Phi) is 3.75. The molecule has 0 fully saturated rings. The van der Waals surface area contributed by atoms with E-state index >= 15 is 0 Å². The second-order valence-electron chi connectivity index (χ2n) is 3.14. The lowest BCUT2D eigenvalue weighted by Gasteiger charge is -1.93. The van der Waals surface area contributed by atoms with Gasteiger partial charge in [-0.2, -0.15) is 10.2 Å². The molecule has 1 aromatic carbocycles. The van der Waals surface area contributed by atoms with E-state index in [4.69, 9.17) is 14.0 Å². The van der Waals surface area contributed by atoms with Gasteiger partial charge in [-0.1, -0.05) is 11.2 Å². The molecule has 2 rings (SSSR count). The maximum absolute atomic E-state index is 8.79. The normalized spacial score (nSPS) is 10.1. The van der Waals surface area contributed by atoms with E-state index in [0.717, 1.165) is 5.56 Å². The second kappa shape index (κ2) is 5.48. The number of aromatic nitrogens is 2. The standard InChI is InChI=1S/C11H9N3O2S/c1-17-15-7-10-13-11(16-14-10)9-4-2-3-8(5-9)6-12/h2-5H,7H2,1H3. The van der Waals surface area contributed by atoms with Gasteiger partial charge in [-0.15, -0.1) is 0 Å². The van der Waals surface area contributed by atoms with Gasteiger partial charge < -0.3 is 8.71 Å². The average Bonchev–Trinajstić information content (AvgIpc) is 2.85. The summed E-state index contributed by atoms with van der Waals surface area (Å²) < 4.78 is 10.2. The van der Waals surface area contributed by atoms with Crippen molar-refractivity contribution in [2.75, 3.05) is 6.26 Å². The zero-order chi connectivity index (χ0) is 12.1. The maximum atomic E-state index is 8.79. The van der Waals surface area contributed by atoms with Crippen LogP contribution in [0.4, 0.5) is 0 Å². The van der Waals surface area contributed by atoms with Crippen molar-refractivity contribution in [3.05, 3.63) is 35.7 Å². The Bertz CT molecular complexity index is 548. The predicted octanol–water partition coefficient (Wildman–Crippen LogP) is 2.40. The molecule has 0 N–H and O–H groups in total. The average molecular weight is 247 g/mol. The summed E-state index contributed by atoms with van der Waals surface area (Å²) >= 11 is 1.24. The molecule has 0 saturated heterocycles. The van der Waals surface area contributed by atoms with Gasteiger partial charge in [0.1, 0.15) is 6.61 Å². The SMILES string of the molecule is CSOCc1noc(-c2cccc(C#N)c2)n1. The Labute approximate surface area is 103 Å². The maximum Gasteiger partial charge on any atom is 0.258 e. The first kappa shape index (κ1) is 11.6. The summed E-state index contributed by atoms with van der Waals surface area (Å²) in [6, 6.07) is 9.07. The van der Waals surface area contributed by atoms with Crippen LogP contribution in [0, 0.1) is 11.3 Å². The summed E-state index contributed by atoms with van der Waals surface area (Å²) in [6.07, 6.45) is 1.82. The summed E-state index contributed by atoms with van der Waals surface area (Å²) in [4.78, 5) is 4.17. The number of hydrogen-bond donors (Lipinski definition) is 0. The lowest BCUT2D eigenvalue weighted by Crippen LogP contribution is -1.88. The predicted molar refractivity (Wildman–Crippen MR) is 62.8 cm³/mol. The smallest absolute Gasteiger partial charge is 0.258 e. The fourth-order valence-corrected chi connectivity index (χ4v) is 1.49. The van der Waals surface area contributed by atoms with Crippen molar-refractivity contribution in [2.45, 2.75) is 6.61 Å². The van der Waals surface area contributed by atoms with Gasteiger partial charge in [0.15, 0.2) is 5.82 Å². The third-order valence-corrected chi connectivity index (χ3v) is 2.37. The summed E-state index contributed by atoms with van der Waals surface area (Å²) in [7, 11) is 0. The van der Waals surface area contributed by atoms with Crippen LogP contribution < -0.4 is 0 Å². The van der Waals surface area contributed by atoms with Crippen LogP contribution in [0.2, 0.25) is 0 Å². The quantitative estimate of drug-likeness (QED) is 0.772.